The minimum absolute atomic E-state index is 0.0188. The molecule has 2 heterocycles. The maximum atomic E-state index is 14.4. The minimum atomic E-state index is -4.87. The van der Waals surface area contributed by atoms with Crippen molar-refractivity contribution in [2.24, 2.45) is 5.92 Å². The average Bonchev–Trinajstić information content (AvgIpc) is 3.49. The number of carbonyl (C=O) groups excluding carboxylic acids is 1. The summed E-state index contributed by atoms with van der Waals surface area (Å²) in [5, 5.41) is 12.0. The molecule has 3 fully saturated rings. The number of carbonyl (C=O) groups is 1. The van der Waals surface area contributed by atoms with Crippen molar-refractivity contribution in [1.82, 2.24) is 10.3 Å². The van der Waals surface area contributed by atoms with Crippen LogP contribution in [0, 0.1) is 17.2 Å². The Labute approximate surface area is 216 Å². The van der Waals surface area contributed by atoms with E-state index in [1.54, 1.807) is 24.3 Å². The third-order valence-electron chi connectivity index (χ3n) is 7.53. The Morgan fingerprint density at radius 1 is 1.16 bits per heavy atom. The van der Waals surface area contributed by atoms with Gasteiger partial charge in [-0.05, 0) is 44.2 Å². The van der Waals surface area contributed by atoms with E-state index in [2.05, 4.69) is 10.3 Å². The van der Waals surface area contributed by atoms with Crippen molar-refractivity contribution in [1.29, 1.82) is 5.26 Å². The van der Waals surface area contributed by atoms with Crippen LogP contribution in [0.2, 0.25) is 0 Å². The number of benzene rings is 1. The number of amides is 1. The molecule has 1 N–H and O–H groups in total. The van der Waals surface area contributed by atoms with Crippen molar-refractivity contribution in [3.05, 3.63) is 35.9 Å². The third-order valence-corrected chi connectivity index (χ3v) is 9.14. The van der Waals surface area contributed by atoms with Gasteiger partial charge in [-0.1, -0.05) is 12.1 Å². The number of sulfone groups is 1. The van der Waals surface area contributed by atoms with Gasteiger partial charge < -0.3 is 14.6 Å². The second-order valence-corrected chi connectivity index (χ2v) is 12.5. The van der Waals surface area contributed by atoms with E-state index in [0.717, 1.165) is 0 Å². The number of oxazole rings is 1. The van der Waals surface area contributed by atoms with Crippen LogP contribution in [0.25, 0.3) is 11.3 Å². The molecule has 204 valence electrons. The van der Waals surface area contributed by atoms with E-state index >= 15 is 0 Å². The number of hydrogen-bond acceptors (Lipinski definition) is 7. The molecule has 1 saturated heterocycles. The number of nitrogens with one attached hydrogen (secondary N) is 1. The highest BCUT2D eigenvalue weighted by Gasteiger charge is 2.49. The van der Waals surface area contributed by atoms with Crippen molar-refractivity contribution in [3.8, 4) is 17.3 Å². The summed E-state index contributed by atoms with van der Waals surface area (Å²) in [5.41, 5.74) is -0.0433. The van der Waals surface area contributed by atoms with Crippen molar-refractivity contribution in [2.45, 2.75) is 55.9 Å². The molecule has 2 aromatic rings. The van der Waals surface area contributed by atoms with Gasteiger partial charge >= 0.3 is 12.1 Å². The molecule has 0 bridgehead atoms. The zero-order valence-corrected chi connectivity index (χ0v) is 21.1. The van der Waals surface area contributed by atoms with E-state index < -0.39 is 51.4 Å². The monoisotopic (exact) mass is 554 g/mol. The fraction of sp³-hybridized carbons (Fsp3) is 0.560. The first-order valence-electron chi connectivity index (χ1n) is 12.4. The predicted octanol–water partition coefficient (Wildman–Crippen LogP) is 3.99. The lowest BCUT2D eigenvalue weighted by Gasteiger charge is -2.32. The molecule has 0 radical (unpaired) electrons. The molecule has 13 heteroatoms. The van der Waals surface area contributed by atoms with Crippen LogP contribution in [0.4, 0.5) is 23.2 Å². The molecule has 1 amide bonds. The van der Waals surface area contributed by atoms with Crippen LogP contribution in [0.5, 0.6) is 0 Å². The zero-order valence-electron chi connectivity index (χ0n) is 20.3. The Morgan fingerprint density at radius 2 is 1.82 bits per heavy atom. The maximum Gasteiger partial charge on any atom is 0.468 e. The number of nitrogens with zero attached hydrogens (tertiary/aromatic N) is 3. The van der Waals surface area contributed by atoms with Crippen LogP contribution < -0.4 is 10.2 Å². The number of aromatic nitrogens is 1. The number of alkyl halides is 4. The van der Waals surface area contributed by atoms with E-state index in [-0.39, 0.29) is 42.2 Å². The Hall–Kier alpha value is -3.14. The van der Waals surface area contributed by atoms with Gasteiger partial charge in [0.1, 0.15) is 23.2 Å². The van der Waals surface area contributed by atoms with Crippen molar-refractivity contribution in [2.75, 3.05) is 29.5 Å². The Morgan fingerprint density at radius 3 is 2.39 bits per heavy atom. The molecule has 3 atom stereocenters. The third kappa shape index (κ3) is 5.36. The molecule has 0 spiro atoms. The number of halogens is 4. The van der Waals surface area contributed by atoms with E-state index in [1.165, 1.54) is 0 Å². The molecule has 0 unspecified atom stereocenters. The quantitative estimate of drug-likeness (QED) is 0.556. The first-order valence-corrected chi connectivity index (χ1v) is 14.2. The molecular formula is C25H26F4N4O4S. The molecule has 8 nitrogen and oxygen atoms in total. The molecular weight excluding hydrogens is 528 g/mol. The molecule has 1 aliphatic heterocycles. The Balaban J connectivity index is 1.47. The molecule has 1 aromatic heterocycles. The summed E-state index contributed by atoms with van der Waals surface area (Å²) in [4.78, 5) is 18.7. The average molecular weight is 555 g/mol. The first kappa shape index (κ1) is 26.5. The normalized spacial score (nSPS) is 26.4. The van der Waals surface area contributed by atoms with Crippen molar-refractivity contribution < 1.29 is 35.2 Å². The van der Waals surface area contributed by atoms with Crippen LogP contribution in [-0.2, 0) is 20.8 Å². The van der Waals surface area contributed by atoms with Gasteiger partial charge in [-0.15, -0.1) is 0 Å². The standard InChI is InChI=1S/C25H26F4N4O4S/c26-16-3-6-18(19(13-16)22(34)32-24(14-30)7-8-24)21-20(31-23(37-21)25(27,28)29)15-1-4-17(5-2-15)33-9-11-38(35,36)12-10-33/h1-2,4-5,16,18-19H,3,6-13H2,(H,32,34)/t16-,18-,19-/m0/s1. The summed E-state index contributed by atoms with van der Waals surface area (Å²) in [5.74, 6) is -4.01. The van der Waals surface area contributed by atoms with E-state index in [0.29, 0.717) is 37.2 Å². The van der Waals surface area contributed by atoms with Gasteiger partial charge in [-0.3, -0.25) is 4.79 Å². The SMILES string of the molecule is N#CC1(NC(=O)[C@H]2C[C@@H](F)CC[C@@H]2c2oc(C(F)(F)F)nc2-c2ccc(N3CCS(=O)(=O)CC3)cc2)CC1. The Bertz CT molecular complexity index is 1350. The fourth-order valence-corrected chi connectivity index (χ4v) is 6.35. The van der Waals surface area contributed by atoms with Gasteiger partial charge in [-0.25, -0.2) is 17.8 Å². The van der Waals surface area contributed by atoms with Gasteiger partial charge in [0.25, 0.3) is 0 Å². The summed E-state index contributed by atoms with van der Waals surface area (Å²) < 4.78 is 84.0. The van der Waals surface area contributed by atoms with Crippen LogP contribution >= 0.6 is 0 Å². The lowest BCUT2D eigenvalue weighted by molar-refractivity contribution is -0.157. The van der Waals surface area contributed by atoms with Crippen LogP contribution in [-0.4, -0.2) is 55.6 Å². The van der Waals surface area contributed by atoms with Gasteiger partial charge in [-0.2, -0.15) is 18.4 Å². The largest absolute Gasteiger partial charge is 0.468 e. The molecule has 2 saturated carbocycles. The van der Waals surface area contributed by atoms with E-state index in [1.807, 2.05) is 11.0 Å². The van der Waals surface area contributed by atoms with Crippen molar-refractivity contribution >= 4 is 21.4 Å². The lowest BCUT2D eigenvalue weighted by atomic mass is 9.75. The van der Waals surface area contributed by atoms with Gasteiger partial charge in [0, 0.05) is 30.3 Å². The maximum absolute atomic E-state index is 14.4. The second-order valence-electron chi connectivity index (χ2n) is 10.2. The topological polar surface area (TPSA) is 116 Å². The highest BCUT2D eigenvalue weighted by atomic mass is 32.2. The van der Waals surface area contributed by atoms with E-state index in [9.17, 15) is 36.0 Å². The van der Waals surface area contributed by atoms with E-state index in [4.69, 9.17) is 4.42 Å². The minimum Gasteiger partial charge on any atom is -0.437 e. The van der Waals surface area contributed by atoms with Crippen LogP contribution in [0.3, 0.4) is 0 Å². The molecule has 1 aromatic carbocycles. The highest BCUT2D eigenvalue weighted by molar-refractivity contribution is 7.91. The summed E-state index contributed by atoms with van der Waals surface area (Å²) in [6.07, 6.45) is -5.31. The second kappa shape index (κ2) is 9.55. The lowest BCUT2D eigenvalue weighted by Crippen LogP contribution is -2.44. The first-order chi connectivity index (χ1) is 17.9. The van der Waals surface area contributed by atoms with Crippen LogP contribution in [0.1, 0.15) is 49.7 Å². The smallest absolute Gasteiger partial charge is 0.437 e. The molecule has 38 heavy (non-hydrogen) atoms. The number of rotatable bonds is 5. The Kier molecular flexibility index (Phi) is 6.65. The van der Waals surface area contributed by atoms with Crippen LogP contribution in [0.15, 0.2) is 28.7 Å². The molecule has 2 aliphatic carbocycles. The van der Waals surface area contributed by atoms with Gasteiger partial charge in [0.05, 0.1) is 23.5 Å². The summed E-state index contributed by atoms with van der Waals surface area (Å²) in [6.45, 7) is 0.616. The summed E-state index contributed by atoms with van der Waals surface area (Å²) in [7, 11) is -3.08. The number of anilines is 1. The number of hydrogen-bond donors (Lipinski definition) is 1. The van der Waals surface area contributed by atoms with Crippen molar-refractivity contribution in [3.63, 3.8) is 0 Å². The highest BCUT2D eigenvalue weighted by Crippen LogP contribution is 2.46. The van der Waals surface area contributed by atoms with Gasteiger partial charge in [0.2, 0.25) is 5.91 Å². The van der Waals surface area contributed by atoms with Gasteiger partial charge in [0.15, 0.2) is 9.84 Å². The number of nitriles is 1. The fourth-order valence-electron chi connectivity index (χ4n) is 5.15. The summed E-state index contributed by atoms with van der Waals surface area (Å²) in [6, 6.07) is 8.53. The molecule has 3 aliphatic rings. The zero-order chi connectivity index (χ0) is 27.3. The summed E-state index contributed by atoms with van der Waals surface area (Å²) >= 11 is 0. The predicted molar refractivity (Wildman–Crippen MR) is 129 cm³/mol. The molecule has 5 rings (SSSR count).